The molecule has 2 N–H and O–H groups in total. The Bertz CT molecular complexity index is 951. The van der Waals surface area contributed by atoms with Crippen LogP contribution < -0.4 is 10.6 Å². The molecule has 3 rings (SSSR count). The summed E-state index contributed by atoms with van der Waals surface area (Å²) in [5.41, 5.74) is 1.50. The van der Waals surface area contributed by atoms with Crippen LogP contribution in [-0.2, 0) is 11.3 Å². The zero-order valence-electron chi connectivity index (χ0n) is 14.3. The summed E-state index contributed by atoms with van der Waals surface area (Å²) in [7, 11) is 0. The third kappa shape index (κ3) is 5.43. The second kappa shape index (κ2) is 9.00. The van der Waals surface area contributed by atoms with Crippen LogP contribution >= 0.6 is 15.9 Å². The molecule has 0 radical (unpaired) electrons. The first-order valence-electron chi connectivity index (χ1n) is 8.26. The smallest absolute Gasteiger partial charge is 0.268 e. The van der Waals surface area contributed by atoms with Crippen LogP contribution in [0.2, 0.25) is 0 Å². The molecule has 27 heavy (non-hydrogen) atoms. The molecule has 0 fully saturated rings. The van der Waals surface area contributed by atoms with Gasteiger partial charge in [0, 0.05) is 22.7 Å². The Morgan fingerprint density at radius 2 is 1.81 bits per heavy atom. The number of hydrogen-bond donors (Lipinski definition) is 2. The van der Waals surface area contributed by atoms with Crippen molar-refractivity contribution in [3.63, 3.8) is 0 Å². The summed E-state index contributed by atoms with van der Waals surface area (Å²) < 4.78 is 6.05. The number of carbonyl (C=O) groups excluding carboxylic acids is 2. The molecular formula is C21H17BrN2O3. The maximum atomic E-state index is 12.6. The first kappa shape index (κ1) is 18.7. The zero-order chi connectivity index (χ0) is 19.1. The summed E-state index contributed by atoms with van der Waals surface area (Å²) in [6, 6.07) is 19.9. The Morgan fingerprint density at radius 3 is 2.52 bits per heavy atom. The van der Waals surface area contributed by atoms with Crippen LogP contribution in [0.1, 0.15) is 21.7 Å². The Labute approximate surface area is 165 Å². The van der Waals surface area contributed by atoms with Gasteiger partial charge in [-0.3, -0.25) is 9.59 Å². The molecule has 0 atom stereocenters. The van der Waals surface area contributed by atoms with E-state index in [4.69, 9.17) is 4.42 Å². The predicted molar refractivity (Wildman–Crippen MR) is 107 cm³/mol. The third-order valence-electron chi connectivity index (χ3n) is 3.71. The molecule has 3 aromatic rings. The van der Waals surface area contributed by atoms with Gasteiger partial charge in [-0.05, 0) is 35.9 Å². The van der Waals surface area contributed by atoms with Crippen molar-refractivity contribution in [1.29, 1.82) is 0 Å². The highest BCUT2D eigenvalue weighted by atomic mass is 79.9. The molecule has 0 unspecified atom stereocenters. The van der Waals surface area contributed by atoms with Gasteiger partial charge >= 0.3 is 0 Å². The van der Waals surface area contributed by atoms with Crippen LogP contribution in [0.4, 0.5) is 0 Å². The number of benzene rings is 2. The lowest BCUT2D eigenvalue weighted by molar-refractivity contribution is -0.117. The Kier molecular flexibility index (Phi) is 6.22. The minimum Gasteiger partial charge on any atom is -0.465 e. The molecule has 0 bridgehead atoms. The zero-order valence-corrected chi connectivity index (χ0v) is 15.9. The minimum atomic E-state index is -0.404. The van der Waals surface area contributed by atoms with E-state index in [-0.39, 0.29) is 11.6 Å². The number of halogens is 1. The van der Waals surface area contributed by atoms with E-state index in [1.54, 1.807) is 30.3 Å². The molecule has 0 aliphatic heterocycles. The minimum absolute atomic E-state index is 0.103. The van der Waals surface area contributed by atoms with Gasteiger partial charge in [-0.15, -0.1) is 0 Å². The number of furan rings is 1. The van der Waals surface area contributed by atoms with Crippen LogP contribution in [0, 0.1) is 0 Å². The Hall–Kier alpha value is -3.12. The highest BCUT2D eigenvalue weighted by molar-refractivity contribution is 9.10. The highest BCUT2D eigenvalue weighted by Crippen LogP contribution is 2.13. The van der Waals surface area contributed by atoms with E-state index in [0.29, 0.717) is 17.9 Å². The average molecular weight is 425 g/mol. The maximum Gasteiger partial charge on any atom is 0.268 e. The topological polar surface area (TPSA) is 71.3 Å². The predicted octanol–water partition coefficient (Wildman–Crippen LogP) is 4.13. The second-order valence-electron chi connectivity index (χ2n) is 5.71. The molecule has 0 spiro atoms. The number of hydrogen-bond acceptors (Lipinski definition) is 3. The fraction of sp³-hybridized carbons (Fsp3) is 0.0476. The lowest BCUT2D eigenvalue weighted by atomic mass is 10.2. The molecule has 0 aliphatic carbocycles. The molecule has 1 aromatic heterocycles. The summed E-state index contributed by atoms with van der Waals surface area (Å²) in [6.45, 7) is 0.349. The van der Waals surface area contributed by atoms with E-state index in [1.165, 1.54) is 12.3 Å². The first-order chi connectivity index (χ1) is 13.1. The van der Waals surface area contributed by atoms with Crippen LogP contribution in [0.3, 0.4) is 0 Å². The van der Waals surface area contributed by atoms with Gasteiger partial charge < -0.3 is 15.1 Å². The Balaban J connectivity index is 1.76. The largest absolute Gasteiger partial charge is 0.465 e. The fourth-order valence-electron chi connectivity index (χ4n) is 2.37. The lowest BCUT2D eigenvalue weighted by Gasteiger charge is -2.11. The van der Waals surface area contributed by atoms with Crippen molar-refractivity contribution < 1.29 is 14.0 Å². The van der Waals surface area contributed by atoms with E-state index in [9.17, 15) is 9.59 Å². The monoisotopic (exact) mass is 424 g/mol. The third-order valence-corrected chi connectivity index (χ3v) is 4.20. The summed E-state index contributed by atoms with van der Waals surface area (Å²) in [6.07, 6.45) is 3.00. The van der Waals surface area contributed by atoms with Crippen LogP contribution in [0.25, 0.3) is 6.08 Å². The van der Waals surface area contributed by atoms with Gasteiger partial charge in [0.05, 0.1) is 6.26 Å². The molecule has 1 heterocycles. The maximum absolute atomic E-state index is 12.6. The van der Waals surface area contributed by atoms with Gasteiger partial charge in [-0.1, -0.05) is 52.3 Å². The van der Waals surface area contributed by atoms with Gasteiger partial charge in [-0.2, -0.15) is 0 Å². The van der Waals surface area contributed by atoms with Crippen molar-refractivity contribution in [1.82, 2.24) is 10.6 Å². The second-order valence-corrected chi connectivity index (χ2v) is 6.62. The summed E-state index contributed by atoms with van der Waals surface area (Å²) in [4.78, 5) is 25.2. The van der Waals surface area contributed by atoms with Crippen LogP contribution in [0.5, 0.6) is 0 Å². The van der Waals surface area contributed by atoms with Crippen molar-refractivity contribution in [2.75, 3.05) is 0 Å². The summed E-state index contributed by atoms with van der Waals surface area (Å²) in [5, 5.41) is 5.47. The molecule has 0 aliphatic rings. The van der Waals surface area contributed by atoms with Gasteiger partial charge in [0.1, 0.15) is 11.5 Å². The number of carbonyl (C=O) groups is 2. The lowest BCUT2D eigenvalue weighted by Crippen LogP contribution is -2.34. The van der Waals surface area contributed by atoms with E-state index in [1.807, 2.05) is 36.4 Å². The summed E-state index contributed by atoms with van der Waals surface area (Å²) >= 11 is 3.34. The fourth-order valence-corrected chi connectivity index (χ4v) is 2.77. The van der Waals surface area contributed by atoms with Gasteiger partial charge in [0.15, 0.2) is 0 Å². The van der Waals surface area contributed by atoms with Crippen molar-refractivity contribution in [2.24, 2.45) is 0 Å². The molecule has 2 aromatic carbocycles. The number of nitrogens with one attached hydrogen (secondary N) is 2. The standard InChI is InChI=1S/C21H17BrN2O3/c22-17-9-4-8-16(12-17)20(25)24-19(13-18-10-5-11-27-18)21(26)23-14-15-6-2-1-3-7-15/h1-13H,14H2,(H,23,26)(H,24,25)/b19-13-. The number of amides is 2. The molecular weight excluding hydrogens is 408 g/mol. The molecule has 5 nitrogen and oxygen atoms in total. The molecule has 0 saturated carbocycles. The van der Waals surface area contributed by atoms with Gasteiger partial charge in [0.2, 0.25) is 0 Å². The van der Waals surface area contributed by atoms with E-state index in [2.05, 4.69) is 26.6 Å². The van der Waals surface area contributed by atoms with Gasteiger partial charge in [0.25, 0.3) is 11.8 Å². The van der Waals surface area contributed by atoms with Crippen molar-refractivity contribution in [3.8, 4) is 0 Å². The molecule has 136 valence electrons. The highest BCUT2D eigenvalue weighted by Gasteiger charge is 2.15. The normalized spacial score (nSPS) is 11.1. The van der Waals surface area contributed by atoms with Crippen molar-refractivity contribution in [3.05, 3.63) is 100 Å². The van der Waals surface area contributed by atoms with E-state index >= 15 is 0 Å². The quantitative estimate of drug-likeness (QED) is 0.584. The Morgan fingerprint density at radius 1 is 1.00 bits per heavy atom. The van der Waals surface area contributed by atoms with Gasteiger partial charge in [-0.25, -0.2) is 0 Å². The van der Waals surface area contributed by atoms with Crippen LogP contribution in [-0.4, -0.2) is 11.8 Å². The van der Waals surface area contributed by atoms with Crippen LogP contribution in [0.15, 0.2) is 87.6 Å². The van der Waals surface area contributed by atoms with E-state index < -0.39 is 5.91 Å². The number of rotatable bonds is 6. The average Bonchev–Trinajstić information content (AvgIpc) is 3.19. The van der Waals surface area contributed by atoms with Crippen molar-refractivity contribution >= 4 is 33.8 Å². The SMILES string of the molecule is O=C(NCc1ccccc1)/C(=C/c1ccco1)NC(=O)c1cccc(Br)c1. The molecule has 6 heteroatoms. The summed E-state index contributed by atoms with van der Waals surface area (Å²) in [5.74, 6) is -0.322. The molecule has 2 amide bonds. The van der Waals surface area contributed by atoms with Crippen molar-refractivity contribution in [2.45, 2.75) is 6.54 Å². The van der Waals surface area contributed by atoms with E-state index in [0.717, 1.165) is 10.0 Å². The first-order valence-corrected chi connectivity index (χ1v) is 9.05. The molecule has 0 saturated heterocycles.